The standard InChI is InChI=1S/C17H22N4O/c1-11(16-10-18-14(4)20-12(16)2)19-13(3)17(22)21-15-8-6-5-7-9-15/h5-11,13,19H,1-4H3,(H,21,22). The minimum atomic E-state index is -0.323. The zero-order valence-electron chi connectivity index (χ0n) is 13.4. The lowest BCUT2D eigenvalue weighted by molar-refractivity contribution is -0.117. The maximum Gasteiger partial charge on any atom is 0.241 e. The Morgan fingerprint density at radius 2 is 1.82 bits per heavy atom. The van der Waals surface area contributed by atoms with Crippen LogP contribution in [0.25, 0.3) is 0 Å². The van der Waals surface area contributed by atoms with Crippen molar-refractivity contribution in [2.24, 2.45) is 0 Å². The lowest BCUT2D eigenvalue weighted by Gasteiger charge is -2.21. The molecule has 0 fully saturated rings. The molecule has 0 aliphatic rings. The number of rotatable bonds is 5. The van der Waals surface area contributed by atoms with Crippen molar-refractivity contribution in [3.63, 3.8) is 0 Å². The highest BCUT2D eigenvalue weighted by Gasteiger charge is 2.18. The first-order valence-electron chi connectivity index (χ1n) is 7.39. The van der Waals surface area contributed by atoms with Gasteiger partial charge in [-0.3, -0.25) is 10.1 Å². The third-order valence-corrected chi connectivity index (χ3v) is 3.54. The molecule has 22 heavy (non-hydrogen) atoms. The first-order valence-corrected chi connectivity index (χ1v) is 7.39. The van der Waals surface area contributed by atoms with Crippen LogP contribution in [0.4, 0.5) is 5.69 Å². The second kappa shape index (κ2) is 7.13. The molecule has 1 aromatic heterocycles. The fraction of sp³-hybridized carbons (Fsp3) is 0.353. The molecule has 2 N–H and O–H groups in total. The second-order valence-corrected chi connectivity index (χ2v) is 5.42. The molecule has 1 amide bonds. The van der Waals surface area contributed by atoms with Crippen molar-refractivity contribution in [3.8, 4) is 0 Å². The van der Waals surface area contributed by atoms with E-state index in [1.54, 1.807) is 0 Å². The van der Waals surface area contributed by atoms with Crippen LogP contribution >= 0.6 is 0 Å². The summed E-state index contributed by atoms with van der Waals surface area (Å²) in [6.07, 6.45) is 1.82. The van der Waals surface area contributed by atoms with E-state index in [0.29, 0.717) is 0 Å². The normalized spacial score (nSPS) is 13.5. The Morgan fingerprint density at radius 1 is 1.14 bits per heavy atom. The minimum absolute atomic E-state index is 0.00266. The van der Waals surface area contributed by atoms with Crippen LogP contribution in [0.15, 0.2) is 36.5 Å². The van der Waals surface area contributed by atoms with Crippen molar-refractivity contribution in [2.45, 2.75) is 39.8 Å². The summed E-state index contributed by atoms with van der Waals surface area (Å²) < 4.78 is 0. The molecule has 0 aliphatic heterocycles. The topological polar surface area (TPSA) is 66.9 Å². The molecule has 0 saturated carbocycles. The summed E-state index contributed by atoms with van der Waals surface area (Å²) in [4.78, 5) is 20.8. The third-order valence-electron chi connectivity index (χ3n) is 3.54. The lowest BCUT2D eigenvalue weighted by atomic mass is 10.1. The van der Waals surface area contributed by atoms with Gasteiger partial charge in [-0.1, -0.05) is 18.2 Å². The summed E-state index contributed by atoms with van der Waals surface area (Å²) in [7, 11) is 0. The van der Waals surface area contributed by atoms with Gasteiger partial charge >= 0.3 is 0 Å². The van der Waals surface area contributed by atoms with Gasteiger partial charge in [0.15, 0.2) is 0 Å². The van der Waals surface area contributed by atoms with Crippen LogP contribution in [0.1, 0.15) is 37.0 Å². The van der Waals surface area contributed by atoms with Gasteiger partial charge < -0.3 is 5.32 Å². The molecular weight excluding hydrogens is 276 g/mol. The molecule has 1 aromatic carbocycles. The monoisotopic (exact) mass is 298 g/mol. The van der Waals surface area contributed by atoms with Crippen LogP contribution in [-0.2, 0) is 4.79 Å². The van der Waals surface area contributed by atoms with Gasteiger partial charge in [0.1, 0.15) is 5.82 Å². The number of hydrogen-bond acceptors (Lipinski definition) is 4. The summed E-state index contributed by atoms with van der Waals surface area (Å²) in [5.41, 5.74) is 2.73. The molecule has 2 atom stereocenters. The number of aryl methyl sites for hydroxylation is 2. The second-order valence-electron chi connectivity index (χ2n) is 5.42. The Labute approximate surface area is 131 Å². The quantitative estimate of drug-likeness (QED) is 0.890. The average Bonchev–Trinajstić information content (AvgIpc) is 2.47. The van der Waals surface area contributed by atoms with E-state index in [0.717, 1.165) is 22.8 Å². The van der Waals surface area contributed by atoms with Crippen molar-refractivity contribution in [3.05, 3.63) is 53.6 Å². The highest BCUT2D eigenvalue weighted by molar-refractivity contribution is 5.94. The van der Waals surface area contributed by atoms with Gasteiger partial charge in [0.2, 0.25) is 5.91 Å². The number of amides is 1. The van der Waals surface area contributed by atoms with Gasteiger partial charge in [-0.2, -0.15) is 0 Å². The van der Waals surface area contributed by atoms with Crippen LogP contribution in [0.5, 0.6) is 0 Å². The van der Waals surface area contributed by atoms with E-state index in [-0.39, 0.29) is 18.0 Å². The number of anilines is 1. The number of carbonyl (C=O) groups excluding carboxylic acids is 1. The zero-order valence-corrected chi connectivity index (χ0v) is 13.4. The van der Waals surface area contributed by atoms with Crippen molar-refractivity contribution in [1.29, 1.82) is 0 Å². The largest absolute Gasteiger partial charge is 0.325 e. The summed E-state index contributed by atoms with van der Waals surface area (Å²) >= 11 is 0. The molecule has 2 rings (SSSR count). The summed E-state index contributed by atoms with van der Waals surface area (Å²) in [6.45, 7) is 7.67. The first-order chi connectivity index (χ1) is 10.5. The average molecular weight is 298 g/mol. The van der Waals surface area contributed by atoms with Crippen molar-refractivity contribution in [1.82, 2.24) is 15.3 Å². The number of hydrogen-bond donors (Lipinski definition) is 2. The van der Waals surface area contributed by atoms with E-state index < -0.39 is 0 Å². The van der Waals surface area contributed by atoms with Crippen LogP contribution < -0.4 is 10.6 Å². The molecule has 2 unspecified atom stereocenters. The lowest BCUT2D eigenvalue weighted by Crippen LogP contribution is -2.39. The van der Waals surface area contributed by atoms with E-state index in [4.69, 9.17) is 0 Å². The molecule has 0 bridgehead atoms. The molecule has 0 aliphatic carbocycles. The Hall–Kier alpha value is -2.27. The minimum Gasteiger partial charge on any atom is -0.325 e. The van der Waals surface area contributed by atoms with Gasteiger partial charge in [-0.15, -0.1) is 0 Å². The molecular formula is C17H22N4O. The Balaban J connectivity index is 1.98. The highest BCUT2D eigenvalue weighted by Crippen LogP contribution is 2.15. The van der Waals surface area contributed by atoms with E-state index in [2.05, 4.69) is 20.6 Å². The smallest absolute Gasteiger partial charge is 0.241 e. The van der Waals surface area contributed by atoms with Crippen LogP contribution in [0.3, 0.4) is 0 Å². The highest BCUT2D eigenvalue weighted by atomic mass is 16.2. The molecule has 0 spiro atoms. The number of aromatic nitrogens is 2. The Morgan fingerprint density at radius 3 is 2.45 bits per heavy atom. The first kappa shape index (κ1) is 16.1. The van der Waals surface area contributed by atoms with E-state index >= 15 is 0 Å². The van der Waals surface area contributed by atoms with E-state index in [9.17, 15) is 4.79 Å². The summed E-state index contributed by atoms with van der Waals surface area (Å²) in [5.74, 6) is 0.687. The molecule has 5 heteroatoms. The number of carbonyl (C=O) groups is 1. The van der Waals surface area contributed by atoms with Gasteiger partial charge in [0.25, 0.3) is 0 Å². The van der Waals surface area contributed by atoms with Crippen LogP contribution in [-0.4, -0.2) is 21.9 Å². The van der Waals surface area contributed by atoms with Crippen molar-refractivity contribution in [2.75, 3.05) is 5.32 Å². The molecule has 2 aromatic rings. The third kappa shape index (κ3) is 4.11. The van der Waals surface area contributed by atoms with Gasteiger partial charge in [0, 0.05) is 29.2 Å². The predicted octanol–water partition coefficient (Wildman–Crippen LogP) is 2.77. The number of nitrogens with one attached hydrogen (secondary N) is 2. The van der Waals surface area contributed by atoms with Crippen LogP contribution in [0, 0.1) is 13.8 Å². The van der Waals surface area contributed by atoms with Gasteiger partial charge in [-0.05, 0) is 39.8 Å². The molecule has 116 valence electrons. The van der Waals surface area contributed by atoms with Crippen molar-refractivity contribution < 1.29 is 4.79 Å². The SMILES string of the molecule is Cc1ncc(C(C)NC(C)C(=O)Nc2ccccc2)c(C)n1. The Bertz CT molecular complexity index is 642. The number of para-hydroxylation sites is 1. The molecule has 1 heterocycles. The Kier molecular flexibility index (Phi) is 5.22. The van der Waals surface area contributed by atoms with E-state index in [1.165, 1.54) is 0 Å². The summed E-state index contributed by atoms with van der Waals surface area (Å²) in [6, 6.07) is 9.11. The molecule has 5 nitrogen and oxygen atoms in total. The summed E-state index contributed by atoms with van der Waals surface area (Å²) in [5, 5.41) is 6.17. The van der Waals surface area contributed by atoms with Gasteiger partial charge in [-0.25, -0.2) is 9.97 Å². The predicted molar refractivity (Wildman–Crippen MR) is 87.6 cm³/mol. The number of nitrogens with zero attached hydrogens (tertiary/aromatic N) is 2. The fourth-order valence-corrected chi connectivity index (χ4v) is 2.33. The maximum absolute atomic E-state index is 12.2. The maximum atomic E-state index is 12.2. The van der Waals surface area contributed by atoms with Gasteiger partial charge in [0.05, 0.1) is 6.04 Å². The number of benzene rings is 1. The molecule has 0 saturated heterocycles. The van der Waals surface area contributed by atoms with E-state index in [1.807, 2.05) is 64.2 Å². The zero-order chi connectivity index (χ0) is 16.1. The fourth-order valence-electron chi connectivity index (χ4n) is 2.33. The van der Waals surface area contributed by atoms with Crippen molar-refractivity contribution >= 4 is 11.6 Å². The van der Waals surface area contributed by atoms with Crippen LogP contribution in [0.2, 0.25) is 0 Å². The molecule has 0 radical (unpaired) electrons.